The molecule has 2 aliphatic rings. The smallest absolute Gasteiger partial charge is 0.325 e. The van der Waals surface area contributed by atoms with Crippen LogP contribution in [-0.2, 0) is 15.1 Å². The first-order valence-corrected chi connectivity index (χ1v) is 9.58. The van der Waals surface area contributed by atoms with E-state index in [9.17, 15) is 14.4 Å². The van der Waals surface area contributed by atoms with E-state index in [0.29, 0.717) is 35.5 Å². The van der Waals surface area contributed by atoms with Crippen molar-refractivity contribution in [2.24, 2.45) is 0 Å². The van der Waals surface area contributed by atoms with Crippen molar-refractivity contribution in [2.75, 3.05) is 18.5 Å². The Kier molecular flexibility index (Phi) is 4.13. The molecule has 0 unspecified atom stereocenters. The zero-order valence-electron chi connectivity index (χ0n) is 15.9. The number of carbonyl (C=O) groups excluding carboxylic acids is 3. The number of urea groups is 1. The van der Waals surface area contributed by atoms with Crippen molar-refractivity contribution < 1.29 is 19.1 Å². The van der Waals surface area contributed by atoms with Gasteiger partial charge >= 0.3 is 6.03 Å². The van der Waals surface area contributed by atoms with Gasteiger partial charge in [-0.1, -0.05) is 36.4 Å². The molecular formula is C22H18N4O4. The van der Waals surface area contributed by atoms with Gasteiger partial charge in [-0.05, 0) is 18.2 Å². The van der Waals surface area contributed by atoms with Crippen LogP contribution in [0.4, 0.5) is 10.5 Å². The highest BCUT2D eigenvalue weighted by molar-refractivity contribution is 6.11. The van der Waals surface area contributed by atoms with Crippen LogP contribution in [0.1, 0.15) is 12.0 Å². The van der Waals surface area contributed by atoms with E-state index in [-0.39, 0.29) is 0 Å². The summed E-state index contributed by atoms with van der Waals surface area (Å²) in [6.07, 6.45) is 1.95. The molecule has 5 rings (SSSR count). The Labute approximate surface area is 171 Å². The third-order valence-electron chi connectivity index (χ3n) is 5.47. The second-order valence-corrected chi connectivity index (χ2v) is 7.25. The number of hydrogen-bond donors (Lipinski definition) is 2. The highest BCUT2D eigenvalue weighted by Gasteiger charge is 2.55. The van der Waals surface area contributed by atoms with Crippen molar-refractivity contribution in [3.63, 3.8) is 0 Å². The van der Waals surface area contributed by atoms with Crippen LogP contribution >= 0.6 is 0 Å². The quantitative estimate of drug-likeness (QED) is 0.656. The molecule has 3 heterocycles. The monoisotopic (exact) mass is 402 g/mol. The second kappa shape index (κ2) is 6.84. The molecule has 2 aromatic carbocycles. The number of amides is 4. The van der Waals surface area contributed by atoms with Crippen LogP contribution in [0.25, 0.3) is 10.9 Å². The van der Waals surface area contributed by atoms with Gasteiger partial charge in [0.1, 0.15) is 12.3 Å². The van der Waals surface area contributed by atoms with Gasteiger partial charge in [0, 0.05) is 23.6 Å². The van der Waals surface area contributed by atoms with Gasteiger partial charge in [-0.15, -0.1) is 0 Å². The molecule has 2 N–H and O–H groups in total. The molecule has 1 saturated heterocycles. The number of imide groups is 1. The summed E-state index contributed by atoms with van der Waals surface area (Å²) in [5.74, 6) is -0.367. The average molecular weight is 402 g/mol. The third-order valence-corrected chi connectivity index (χ3v) is 5.47. The lowest BCUT2D eigenvalue weighted by Crippen LogP contribution is -2.48. The SMILES string of the molecule is O=C(CN1C(=O)N[C@@]2(CCOc3ccccc32)C1=O)Nc1cccc2cccnc12. The summed E-state index contributed by atoms with van der Waals surface area (Å²) in [6, 6.07) is 15.7. The van der Waals surface area contributed by atoms with Gasteiger partial charge in [-0.25, -0.2) is 4.79 Å². The van der Waals surface area contributed by atoms with Gasteiger partial charge in [-0.2, -0.15) is 0 Å². The number of pyridine rings is 1. The molecule has 1 fully saturated rings. The molecule has 2 aliphatic heterocycles. The topological polar surface area (TPSA) is 101 Å². The summed E-state index contributed by atoms with van der Waals surface area (Å²) in [6.45, 7) is -0.0938. The van der Waals surface area contributed by atoms with Crippen LogP contribution in [0.2, 0.25) is 0 Å². The van der Waals surface area contributed by atoms with Crippen LogP contribution in [0.5, 0.6) is 5.75 Å². The fourth-order valence-corrected chi connectivity index (χ4v) is 4.05. The summed E-state index contributed by atoms with van der Waals surface area (Å²) >= 11 is 0. The van der Waals surface area contributed by atoms with Gasteiger partial charge in [0.05, 0.1) is 17.8 Å². The first kappa shape index (κ1) is 18.1. The van der Waals surface area contributed by atoms with E-state index in [2.05, 4.69) is 15.6 Å². The zero-order chi connectivity index (χ0) is 20.7. The predicted molar refractivity (Wildman–Crippen MR) is 109 cm³/mol. The number of hydrogen-bond acceptors (Lipinski definition) is 5. The normalized spacial score (nSPS) is 20.1. The summed E-state index contributed by atoms with van der Waals surface area (Å²) in [5, 5.41) is 6.43. The number of fused-ring (bicyclic) bond motifs is 3. The number of carbonyl (C=O) groups is 3. The summed E-state index contributed by atoms with van der Waals surface area (Å²) in [7, 11) is 0. The lowest BCUT2D eigenvalue weighted by molar-refractivity contribution is -0.135. The van der Waals surface area contributed by atoms with E-state index in [0.717, 1.165) is 10.3 Å². The van der Waals surface area contributed by atoms with E-state index >= 15 is 0 Å². The summed E-state index contributed by atoms with van der Waals surface area (Å²) in [4.78, 5) is 43.8. The number of para-hydroxylation sites is 2. The highest BCUT2D eigenvalue weighted by Crippen LogP contribution is 2.40. The van der Waals surface area contributed by atoms with Crippen molar-refractivity contribution in [1.29, 1.82) is 0 Å². The van der Waals surface area contributed by atoms with Crippen molar-refractivity contribution in [3.8, 4) is 5.75 Å². The predicted octanol–water partition coefficient (Wildman–Crippen LogP) is 2.40. The fourth-order valence-electron chi connectivity index (χ4n) is 4.05. The number of nitrogens with zero attached hydrogens (tertiary/aromatic N) is 2. The van der Waals surface area contributed by atoms with Crippen LogP contribution in [-0.4, -0.2) is 40.9 Å². The van der Waals surface area contributed by atoms with Crippen molar-refractivity contribution in [2.45, 2.75) is 12.0 Å². The third kappa shape index (κ3) is 2.76. The maximum Gasteiger partial charge on any atom is 0.325 e. The first-order chi connectivity index (χ1) is 14.6. The lowest BCUT2D eigenvalue weighted by atomic mass is 9.84. The van der Waals surface area contributed by atoms with Gasteiger partial charge in [0.25, 0.3) is 5.91 Å². The Morgan fingerprint density at radius 2 is 1.97 bits per heavy atom. The number of nitrogens with one attached hydrogen (secondary N) is 2. The molecule has 1 aromatic heterocycles. The number of aromatic nitrogens is 1. The Balaban J connectivity index is 1.39. The minimum Gasteiger partial charge on any atom is -0.493 e. The first-order valence-electron chi connectivity index (χ1n) is 9.58. The van der Waals surface area contributed by atoms with Gasteiger partial charge in [0.15, 0.2) is 5.54 Å². The Morgan fingerprint density at radius 3 is 2.87 bits per heavy atom. The molecule has 30 heavy (non-hydrogen) atoms. The molecule has 0 aliphatic carbocycles. The Bertz CT molecular complexity index is 1190. The molecule has 0 bridgehead atoms. The minimum atomic E-state index is -1.20. The van der Waals surface area contributed by atoms with E-state index in [1.165, 1.54) is 0 Å². The van der Waals surface area contributed by atoms with Crippen molar-refractivity contribution >= 4 is 34.4 Å². The van der Waals surface area contributed by atoms with Crippen LogP contribution < -0.4 is 15.4 Å². The minimum absolute atomic E-state index is 0.296. The molecule has 3 aromatic rings. The van der Waals surface area contributed by atoms with Crippen LogP contribution in [0.15, 0.2) is 60.8 Å². The molecule has 4 amide bonds. The Hall–Kier alpha value is -3.94. The molecule has 1 atom stereocenters. The molecular weight excluding hydrogens is 384 g/mol. The largest absolute Gasteiger partial charge is 0.493 e. The standard InChI is InChI=1S/C22H18N4O4/c27-18(24-16-8-3-5-14-6-4-11-23-19(14)16)13-26-20(28)22(25-21(26)29)10-12-30-17-9-2-1-7-15(17)22/h1-9,11H,10,12-13H2,(H,24,27)(H,25,29)/t22-/m1/s1. The molecule has 0 radical (unpaired) electrons. The molecule has 8 heteroatoms. The Morgan fingerprint density at radius 1 is 1.13 bits per heavy atom. The van der Waals surface area contributed by atoms with E-state index < -0.39 is 29.9 Å². The van der Waals surface area contributed by atoms with E-state index in [4.69, 9.17) is 4.74 Å². The second-order valence-electron chi connectivity index (χ2n) is 7.25. The molecule has 8 nitrogen and oxygen atoms in total. The van der Waals surface area contributed by atoms with Crippen molar-refractivity contribution in [1.82, 2.24) is 15.2 Å². The van der Waals surface area contributed by atoms with Crippen LogP contribution in [0.3, 0.4) is 0 Å². The fraction of sp³-hybridized carbons (Fsp3) is 0.182. The maximum absolute atomic E-state index is 13.3. The van der Waals surface area contributed by atoms with Gasteiger partial charge in [-0.3, -0.25) is 19.5 Å². The molecule has 0 saturated carbocycles. The summed E-state index contributed by atoms with van der Waals surface area (Å²) < 4.78 is 5.62. The van der Waals surface area contributed by atoms with E-state index in [1.807, 2.05) is 24.3 Å². The zero-order valence-corrected chi connectivity index (χ0v) is 15.9. The molecule has 150 valence electrons. The summed E-state index contributed by atoms with van der Waals surface area (Å²) in [5.41, 5.74) is 0.570. The average Bonchev–Trinajstić information content (AvgIpc) is 2.99. The van der Waals surface area contributed by atoms with Gasteiger partial charge in [0.2, 0.25) is 5.91 Å². The van der Waals surface area contributed by atoms with Crippen molar-refractivity contribution in [3.05, 3.63) is 66.4 Å². The number of anilines is 1. The number of benzene rings is 2. The number of rotatable bonds is 3. The van der Waals surface area contributed by atoms with Gasteiger partial charge < -0.3 is 15.4 Å². The molecule has 1 spiro atoms. The lowest BCUT2D eigenvalue weighted by Gasteiger charge is -2.33. The van der Waals surface area contributed by atoms with Crippen LogP contribution in [0, 0.1) is 0 Å². The maximum atomic E-state index is 13.3. The highest BCUT2D eigenvalue weighted by atomic mass is 16.5. The van der Waals surface area contributed by atoms with E-state index in [1.54, 1.807) is 36.5 Å². The number of ether oxygens (including phenoxy) is 1.